The summed E-state index contributed by atoms with van der Waals surface area (Å²) in [6.45, 7) is 9.74. The number of fused-ring (bicyclic) bond motifs is 1. The highest BCUT2D eigenvalue weighted by atomic mass is 32.2. The number of hydrogen-bond donors (Lipinski definition) is 3. The molecule has 2 aromatic heterocycles. The molecule has 0 saturated carbocycles. The monoisotopic (exact) mass is 705 g/mol. The summed E-state index contributed by atoms with van der Waals surface area (Å²) in [5, 5.41) is 11.6. The van der Waals surface area contributed by atoms with Crippen molar-refractivity contribution in [2.24, 2.45) is 0 Å². The molecule has 1 amide bonds. The van der Waals surface area contributed by atoms with Gasteiger partial charge in [0, 0.05) is 58.4 Å². The first kappa shape index (κ1) is 34.4. The van der Waals surface area contributed by atoms with Gasteiger partial charge in [-0.3, -0.25) is 14.0 Å². The number of hydrogen-bond acceptors (Lipinski definition) is 12. The van der Waals surface area contributed by atoms with E-state index in [4.69, 9.17) is 14.7 Å². The molecule has 6 rings (SSSR count). The molecular weight excluding hydrogens is 663 g/mol. The Labute approximate surface area is 291 Å². The first-order valence-electron chi connectivity index (χ1n) is 16.2. The number of nitrogens with zero attached hydrogens (tertiary/aromatic N) is 6. The Balaban J connectivity index is 1.29. The number of methoxy groups -OCH3 is 1. The molecule has 4 aromatic rings. The van der Waals surface area contributed by atoms with E-state index in [1.165, 1.54) is 28.8 Å². The van der Waals surface area contributed by atoms with Crippen LogP contribution in [0.5, 0.6) is 5.75 Å². The average Bonchev–Trinajstić information content (AvgIpc) is 3.57. The summed E-state index contributed by atoms with van der Waals surface area (Å²) in [6.07, 6.45) is 4.49. The van der Waals surface area contributed by atoms with E-state index in [2.05, 4.69) is 44.3 Å². The molecule has 49 heavy (non-hydrogen) atoms. The van der Waals surface area contributed by atoms with Crippen LogP contribution in [0.2, 0.25) is 0 Å². The van der Waals surface area contributed by atoms with Crippen molar-refractivity contribution >= 4 is 77.7 Å². The first-order valence-corrected chi connectivity index (χ1v) is 18.9. The second kappa shape index (κ2) is 14.6. The third kappa shape index (κ3) is 7.75. The van der Waals surface area contributed by atoms with Gasteiger partial charge >= 0.3 is 0 Å². The van der Waals surface area contributed by atoms with Gasteiger partial charge in [-0.15, -0.1) is 11.3 Å². The summed E-state index contributed by atoms with van der Waals surface area (Å²) in [5.74, 6) is 1.06. The number of para-hydroxylation sites is 2. The van der Waals surface area contributed by atoms with Crippen molar-refractivity contribution in [3.63, 3.8) is 0 Å². The summed E-state index contributed by atoms with van der Waals surface area (Å²) >= 11 is 1.47. The molecule has 0 spiro atoms. The van der Waals surface area contributed by atoms with Gasteiger partial charge in [-0.25, -0.2) is 13.4 Å². The van der Waals surface area contributed by atoms with Crippen LogP contribution in [0.15, 0.2) is 60.5 Å². The van der Waals surface area contributed by atoms with E-state index >= 15 is 0 Å². The van der Waals surface area contributed by atoms with Crippen molar-refractivity contribution < 1.29 is 17.9 Å². The lowest BCUT2D eigenvalue weighted by Crippen LogP contribution is -2.52. The van der Waals surface area contributed by atoms with Crippen LogP contribution >= 0.6 is 11.3 Å². The van der Waals surface area contributed by atoms with Gasteiger partial charge in [0.2, 0.25) is 21.9 Å². The van der Waals surface area contributed by atoms with Crippen LogP contribution in [-0.2, 0) is 14.8 Å². The highest BCUT2D eigenvalue weighted by molar-refractivity contribution is 7.92. The van der Waals surface area contributed by atoms with Crippen LogP contribution in [-0.4, -0.2) is 107 Å². The number of aromatic nitrogens is 2. The van der Waals surface area contributed by atoms with Crippen molar-refractivity contribution in [1.29, 1.82) is 0 Å². The van der Waals surface area contributed by atoms with E-state index in [0.717, 1.165) is 68.8 Å². The molecule has 2 aromatic carbocycles. The number of nitrogens with one attached hydrogen (secondary N) is 3. The van der Waals surface area contributed by atoms with Gasteiger partial charge in [0.1, 0.15) is 5.75 Å². The van der Waals surface area contributed by atoms with Crippen molar-refractivity contribution in [2.75, 3.05) is 91.9 Å². The third-order valence-corrected chi connectivity index (χ3v) is 11.3. The minimum atomic E-state index is -3.50. The fourth-order valence-corrected chi connectivity index (χ4v) is 7.62. The lowest BCUT2D eigenvalue weighted by molar-refractivity contribution is -0.111. The zero-order valence-corrected chi connectivity index (χ0v) is 29.9. The number of ether oxygens (including phenoxy) is 1. The van der Waals surface area contributed by atoms with Crippen LogP contribution in [0.25, 0.3) is 10.2 Å². The number of piperazine rings is 1. The highest BCUT2D eigenvalue weighted by Gasteiger charge is 2.28. The van der Waals surface area contributed by atoms with Gasteiger partial charge in [0.25, 0.3) is 0 Å². The number of sulfonamides is 1. The largest absolute Gasteiger partial charge is 0.494 e. The molecule has 15 heteroatoms. The van der Waals surface area contributed by atoms with Crippen LogP contribution < -0.4 is 29.9 Å². The molecule has 0 unspecified atom stereocenters. The fraction of sp³-hybridized carbons (Fsp3) is 0.382. The minimum Gasteiger partial charge on any atom is -0.494 e. The normalized spacial score (nSPS) is 16.4. The molecule has 2 fully saturated rings. The van der Waals surface area contributed by atoms with Gasteiger partial charge in [0.15, 0.2) is 5.82 Å². The van der Waals surface area contributed by atoms with E-state index < -0.39 is 10.0 Å². The third-order valence-electron chi connectivity index (χ3n) is 9.16. The van der Waals surface area contributed by atoms with Crippen molar-refractivity contribution in [3.8, 4) is 5.75 Å². The molecule has 2 saturated heterocycles. The zero-order chi connectivity index (χ0) is 34.7. The Morgan fingerprint density at radius 1 is 1.02 bits per heavy atom. The summed E-state index contributed by atoms with van der Waals surface area (Å²) in [7, 11) is 1.79. The van der Waals surface area contributed by atoms with Crippen LogP contribution in [0.4, 0.5) is 40.2 Å². The zero-order valence-electron chi connectivity index (χ0n) is 28.3. The second-order valence-electron chi connectivity index (χ2n) is 12.3. The number of amides is 1. The first-order chi connectivity index (χ1) is 23.5. The number of carbonyl (C=O) groups is 1. The quantitative estimate of drug-likeness (QED) is 0.184. The molecule has 260 valence electrons. The Morgan fingerprint density at radius 2 is 1.76 bits per heavy atom. The van der Waals surface area contributed by atoms with E-state index in [1.807, 2.05) is 29.6 Å². The van der Waals surface area contributed by atoms with Crippen molar-refractivity contribution in [2.45, 2.75) is 18.9 Å². The molecular formula is C34H43N9O4S2. The van der Waals surface area contributed by atoms with Gasteiger partial charge in [-0.1, -0.05) is 18.7 Å². The van der Waals surface area contributed by atoms with Gasteiger partial charge in [0.05, 0.1) is 52.0 Å². The average molecular weight is 706 g/mol. The topological polar surface area (TPSA) is 135 Å². The van der Waals surface area contributed by atoms with Gasteiger partial charge in [-0.05, 0) is 55.6 Å². The Hall–Kier alpha value is -4.44. The Kier molecular flexibility index (Phi) is 10.2. The molecule has 2 aliphatic rings. The maximum absolute atomic E-state index is 12.6. The predicted octanol–water partition coefficient (Wildman–Crippen LogP) is 4.92. The second-order valence-corrected chi connectivity index (χ2v) is 15.3. The van der Waals surface area contributed by atoms with E-state index in [-0.39, 0.29) is 5.91 Å². The lowest BCUT2D eigenvalue weighted by atomic mass is 10.0. The predicted molar refractivity (Wildman–Crippen MR) is 200 cm³/mol. The molecule has 0 atom stereocenters. The summed E-state index contributed by atoms with van der Waals surface area (Å²) < 4.78 is 32.6. The fourth-order valence-electron chi connectivity index (χ4n) is 6.32. The number of benzene rings is 2. The van der Waals surface area contributed by atoms with Gasteiger partial charge < -0.3 is 30.5 Å². The molecule has 3 N–H and O–H groups in total. The number of carbonyl (C=O) groups excluding carboxylic acids is 1. The summed E-state index contributed by atoms with van der Waals surface area (Å²) in [5.41, 5.74) is 3.82. The van der Waals surface area contributed by atoms with Crippen LogP contribution in [0, 0.1) is 0 Å². The van der Waals surface area contributed by atoms with E-state index in [0.29, 0.717) is 51.8 Å². The van der Waals surface area contributed by atoms with Crippen LogP contribution in [0.3, 0.4) is 0 Å². The minimum absolute atomic E-state index is 0.294. The Morgan fingerprint density at radius 3 is 2.45 bits per heavy atom. The maximum atomic E-state index is 12.6. The maximum Gasteiger partial charge on any atom is 0.247 e. The summed E-state index contributed by atoms with van der Waals surface area (Å²) in [4.78, 5) is 29.5. The van der Waals surface area contributed by atoms with Gasteiger partial charge in [-0.2, -0.15) is 4.98 Å². The lowest BCUT2D eigenvalue weighted by Gasteiger charge is -2.43. The molecule has 4 heterocycles. The van der Waals surface area contributed by atoms with Crippen molar-refractivity contribution in [3.05, 3.63) is 60.5 Å². The number of likely N-dealkylation sites (N-methyl/N-ethyl adjacent to an activating group) is 1. The van der Waals surface area contributed by atoms with Crippen molar-refractivity contribution in [1.82, 2.24) is 19.8 Å². The number of anilines is 7. The SMILES string of the molecule is C=CC(=O)Nc1cc(Nc2nc(Nc3ccccc3N(C)S(C)(=O)=O)c3sccc3n2)c(OC)cc1N1CCC(N2CCN(C)CC2)CC1. The van der Waals surface area contributed by atoms with Crippen LogP contribution in [0.1, 0.15) is 12.8 Å². The number of piperidine rings is 1. The highest BCUT2D eigenvalue weighted by Crippen LogP contribution is 2.40. The number of rotatable bonds is 11. The molecule has 0 aliphatic carbocycles. The standard InChI is InChI=1S/C34H43N9O4S2/c1-6-31(44)35-26-21-27(30(47-4)22-29(26)43-14-11-23(12-15-43)42-18-16-40(2)17-19-42)38-34-37-25-13-20-48-32(25)33(39-34)36-24-9-7-8-10-28(24)41(3)49(5,45)46/h6-10,13,20-23H,1,11-12,14-19H2,2-5H3,(H,35,44)(H2,36,37,38,39). The smallest absolute Gasteiger partial charge is 0.247 e. The molecule has 13 nitrogen and oxygen atoms in total. The molecule has 2 aliphatic heterocycles. The molecule has 0 bridgehead atoms. The number of thiophene rings is 1. The van der Waals surface area contributed by atoms with E-state index in [9.17, 15) is 13.2 Å². The van der Waals surface area contributed by atoms with E-state index in [1.54, 1.807) is 25.3 Å². The molecule has 0 radical (unpaired) electrons. The Bertz CT molecular complexity index is 1940. The summed E-state index contributed by atoms with van der Waals surface area (Å²) in [6, 6.07) is 13.4.